The summed E-state index contributed by atoms with van der Waals surface area (Å²) in [5, 5.41) is 3.04. The van der Waals surface area contributed by atoms with Crippen molar-refractivity contribution in [3.05, 3.63) is 105 Å². The lowest BCUT2D eigenvalue weighted by Gasteiger charge is -2.19. The Kier molecular flexibility index (Phi) is 5.16. The first kappa shape index (κ1) is 20.1. The Morgan fingerprint density at radius 1 is 0.935 bits per heavy atom. The molecule has 0 radical (unpaired) electrons. The summed E-state index contributed by atoms with van der Waals surface area (Å²) in [6.07, 6.45) is 3.52. The van der Waals surface area contributed by atoms with Gasteiger partial charge in [0.25, 0.3) is 5.91 Å². The van der Waals surface area contributed by atoms with Crippen molar-refractivity contribution in [1.82, 2.24) is 28.8 Å². The third kappa shape index (κ3) is 3.61. The molecule has 0 saturated carbocycles. The lowest BCUT2D eigenvalue weighted by molar-refractivity contribution is 0.0941. The molecule has 1 atom stereocenters. The van der Waals surface area contributed by atoms with Crippen molar-refractivity contribution < 1.29 is 4.79 Å². The number of carbonyl (C=O) groups excluding carboxylic acids is 1. The number of aryl methyl sites for hydroxylation is 1. The molecule has 2 aromatic heterocycles. The summed E-state index contributed by atoms with van der Waals surface area (Å²) in [6.45, 7) is 0. The number of imidazole rings is 1. The van der Waals surface area contributed by atoms with Crippen molar-refractivity contribution in [2.45, 2.75) is 6.04 Å². The van der Waals surface area contributed by atoms with Crippen molar-refractivity contribution in [2.24, 2.45) is 21.1 Å². The predicted octanol–water partition coefficient (Wildman–Crippen LogP) is 1.13. The van der Waals surface area contributed by atoms with Crippen LogP contribution in [0.15, 0.2) is 76.6 Å². The van der Waals surface area contributed by atoms with Crippen LogP contribution in [0.25, 0.3) is 5.69 Å². The van der Waals surface area contributed by atoms with Crippen molar-refractivity contribution in [3.63, 3.8) is 0 Å². The Morgan fingerprint density at radius 2 is 1.61 bits per heavy atom. The molecule has 0 unspecified atom stereocenters. The zero-order chi connectivity index (χ0) is 22.1. The Labute approximate surface area is 177 Å². The fourth-order valence-corrected chi connectivity index (χ4v) is 3.50. The van der Waals surface area contributed by atoms with Crippen LogP contribution in [0, 0.1) is 0 Å². The van der Waals surface area contributed by atoms with Gasteiger partial charge in [0, 0.05) is 39.1 Å². The van der Waals surface area contributed by atoms with E-state index in [2.05, 4.69) is 10.3 Å². The number of rotatable bonds is 5. The van der Waals surface area contributed by atoms with Gasteiger partial charge in [0.2, 0.25) is 0 Å². The second-order valence-corrected chi connectivity index (χ2v) is 7.22. The van der Waals surface area contributed by atoms with E-state index in [1.54, 1.807) is 30.5 Å². The molecule has 1 amide bonds. The number of benzene rings is 2. The maximum atomic E-state index is 13.0. The number of aromatic nitrogens is 5. The molecule has 2 aromatic carbocycles. The minimum Gasteiger partial charge on any atom is -0.338 e. The smallest absolute Gasteiger partial charge is 0.338 e. The van der Waals surface area contributed by atoms with Crippen LogP contribution in [-0.2, 0) is 21.1 Å². The van der Waals surface area contributed by atoms with Crippen LogP contribution in [0.5, 0.6) is 0 Å². The van der Waals surface area contributed by atoms with E-state index in [4.69, 9.17) is 0 Å². The highest BCUT2D eigenvalue weighted by Gasteiger charge is 2.21. The summed E-state index contributed by atoms with van der Waals surface area (Å²) < 4.78 is 5.37. The van der Waals surface area contributed by atoms with Crippen LogP contribution in [0.1, 0.15) is 27.8 Å². The summed E-state index contributed by atoms with van der Waals surface area (Å²) >= 11 is 0. The first-order valence-corrected chi connectivity index (χ1v) is 9.67. The summed E-state index contributed by atoms with van der Waals surface area (Å²) in [4.78, 5) is 41.7. The minimum atomic E-state index is -0.455. The average molecular weight is 418 g/mol. The van der Waals surface area contributed by atoms with Crippen molar-refractivity contribution in [3.8, 4) is 5.69 Å². The Bertz CT molecular complexity index is 1340. The highest BCUT2D eigenvalue weighted by atomic mass is 16.2. The second-order valence-electron chi connectivity index (χ2n) is 7.22. The van der Waals surface area contributed by atoms with Gasteiger partial charge in [0.1, 0.15) is 11.9 Å². The molecule has 4 aromatic rings. The van der Waals surface area contributed by atoms with Gasteiger partial charge in [-0.1, -0.05) is 30.3 Å². The van der Waals surface area contributed by atoms with E-state index in [-0.39, 0.29) is 5.91 Å². The van der Waals surface area contributed by atoms with Crippen LogP contribution in [0.3, 0.4) is 0 Å². The summed E-state index contributed by atoms with van der Waals surface area (Å²) in [5.41, 5.74) is 0.946. The van der Waals surface area contributed by atoms with Crippen LogP contribution in [-0.4, -0.2) is 29.4 Å². The normalized spacial score (nSPS) is 12.0. The number of amides is 1. The Morgan fingerprint density at radius 3 is 2.16 bits per heavy atom. The first-order chi connectivity index (χ1) is 14.9. The average Bonchev–Trinajstić information content (AvgIpc) is 3.29. The minimum absolute atomic E-state index is 0.280. The molecule has 0 bridgehead atoms. The Hall–Kier alpha value is -4.14. The van der Waals surface area contributed by atoms with Crippen LogP contribution in [0.4, 0.5) is 0 Å². The molecule has 2 heterocycles. The molecule has 0 aliphatic carbocycles. The third-order valence-electron chi connectivity index (χ3n) is 5.23. The quantitative estimate of drug-likeness (QED) is 0.526. The van der Waals surface area contributed by atoms with Gasteiger partial charge >= 0.3 is 11.4 Å². The van der Waals surface area contributed by atoms with E-state index in [0.29, 0.717) is 17.1 Å². The molecular formula is C22H22N6O3. The standard InChI is InChI=1S/C22H22N6O3/c1-25-14-13-23-19(25)18(15-7-5-4-6-8-15)24-20(29)16-9-11-17(12-10-16)28-22(31)26(2)21(30)27(28)3/h4-14,18H,1-3H3,(H,24,29)/t18-/m0/s1. The van der Waals surface area contributed by atoms with Gasteiger partial charge in [0.05, 0.1) is 5.69 Å². The van der Waals surface area contributed by atoms with Gasteiger partial charge in [-0.25, -0.2) is 23.8 Å². The number of nitrogens with zero attached hydrogens (tertiary/aromatic N) is 5. The van der Waals surface area contributed by atoms with Crippen LogP contribution < -0.4 is 16.7 Å². The van der Waals surface area contributed by atoms with Crippen LogP contribution >= 0.6 is 0 Å². The molecule has 0 spiro atoms. The highest BCUT2D eigenvalue weighted by molar-refractivity contribution is 5.94. The largest absolute Gasteiger partial charge is 0.351 e. The molecular weight excluding hydrogens is 396 g/mol. The third-order valence-corrected chi connectivity index (χ3v) is 5.23. The summed E-state index contributed by atoms with van der Waals surface area (Å²) in [5.74, 6) is 0.430. The highest BCUT2D eigenvalue weighted by Crippen LogP contribution is 2.21. The predicted molar refractivity (Wildman–Crippen MR) is 115 cm³/mol. The molecule has 4 rings (SSSR count). The van der Waals surface area contributed by atoms with E-state index in [1.807, 2.05) is 48.1 Å². The lowest BCUT2D eigenvalue weighted by atomic mass is 10.1. The van der Waals surface area contributed by atoms with Crippen molar-refractivity contribution in [2.75, 3.05) is 0 Å². The Balaban J connectivity index is 1.64. The van der Waals surface area contributed by atoms with Crippen molar-refractivity contribution in [1.29, 1.82) is 0 Å². The van der Waals surface area contributed by atoms with Gasteiger partial charge in [-0.05, 0) is 29.8 Å². The number of hydrogen-bond donors (Lipinski definition) is 1. The fraction of sp³-hybridized carbons (Fsp3) is 0.182. The van der Waals surface area contributed by atoms with Gasteiger partial charge in [-0.3, -0.25) is 4.79 Å². The van der Waals surface area contributed by atoms with Gasteiger partial charge < -0.3 is 9.88 Å². The zero-order valence-electron chi connectivity index (χ0n) is 17.4. The molecule has 9 nitrogen and oxygen atoms in total. The summed E-state index contributed by atoms with van der Waals surface area (Å²) in [7, 11) is 4.81. The SMILES string of the molecule is Cn1ccnc1[C@@H](NC(=O)c1ccc(-n2c(=O)n(C)c(=O)n2C)cc1)c1ccccc1. The molecule has 1 N–H and O–H groups in total. The first-order valence-electron chi connectivity index (χ1n) is 9.67. The molecule has 0 fully saturated rings. The molecule has 0 saturated heterocycles. The van der Waals surface area contributed by atoms with Crippen LogP contribution in [0.2, 0.25) is 0 Å². The molecule has 0 aliphatic heterocycles. The molecule has 0 aliphatic rings. The molecule has 9 heteroatoms. The number of hydrogen-bond acceptors (Lipinski definition) is 4. The second kappa shape index (κ2) is 7.94. The lowest BCUT2D eigenvalue weighted by Crippen LogP contribution is -2.31. The van der Waals surface area contributed by atoms with E-state index in [9.17, 15) is 14.4 Å². The fourth-order valence-electron chi connectivity index (χ4n) is 3.50. The maximum absolute atomic E-state index is 13.0. The van der Waals surface area contributed by atoms with E-state index in [1.165, 1.54) is 23.5 Å². The number of nitrogens with one attached hydrogen (secondary N) is 1. The number of carbonyl (C=O) groups is 1. The van der Waals surface area contributed by atoms with Gasteiger partial charge in [-0.2, -0.15) is 4.68 Å². The monoisotopic (exact) mass is 418 g/mol. The van der Waals surface area contributed by atoms with E-state index >= 15 is 0 Å². The van der Waals surface area contributed by atoms with Gasteiger partial charge in [0.15, 0.2) is 0 Å². The maximum Gasteiger partial charge on any atom is 0.351 e. The van der Waals surface area contributed by atoms with E-state index < -0.39 is 17.4 Å². The van der Waals surface area contributed by atoms with Gasteiger partial charge in [-0.15, -0.1) is 0 Å². The topological polar surface area (TPSA) is 95.8 Å². The molecule has 158 valence electrons. The van der Waals surface area contributed by atoms with E-state index in [0.717, 1.165) is 10.1 Å². The molecule has 31 heavy (non-hydrogen) atoms. The summed E-state index contributed by atoms with van der Waals surface area (Å²) in [6, 6.07) is 15.7. The zero-order valence-corrected chi connectivity index (χ0v) is 17.4. The van der Waals surface area contributed by atoms with Crippen molar-refractivity contribution >= 4 is 5.91 Å².